The lowest BCUT2D eigenvalue weighted by atomic mass is 10.2. The maximum absolute atomic E-state index is 11.8. The molecule has 2 aromatic carbocycles. The quantitative estimate of drug-likeness (QED) is 0.476. The lowest BCUT2D eigenvalue weighted by Gasteiger charge is -2.07. The van der Waals surface area contributed by atoms with Crippen molar-refractivity contribution in [2.45, 2.75) is 5.75 Å². The average molecular weight is 401 g/mol. The van der Waals surface area contributed by atoms with Crippen molar-refractivity contribution in [2.24, 2.45) is 0 Å². The van der Waals surface area contributed by atoms with Gasteiger partial charge in [-0.2, -0.15) is 11.8 Å². The van der Waals surface area contributed by atoms with Gasteiger partial charge < -0.3 is 5.32 Å². The van der Waals surface area contributed by atoms with E-state index in [4.69, 9.17) is 34.8 Å². The first-order valence-electron chi connectivity index (χ1n) is 7.29. The van der Waals surface area contributed by atoms with Gasteiger partial charge in [0, 0.05) is 39.2 Å². The maximum Gasteiger partial charge on any atom is 0.244 e. The minimum absolute atomic E-state index is 0.147. The van der Waals surface area contributed by atoms with Crippen LogP contribution in [0.5, 0.6) is 0 Å². The van der Waals surface area contributed by atoms with Gasteiger partial charge in [0.15, 0.2) is 0 Å². The smallest absolute Gasteiger partial charge is 0.244 e. The molecule has 2 nitrogen and oxygen atoms in total. The Labute approximate surface area is 161 Å². The SMILES string of the molecule is O=C(/C=C/c1ccccc1Cl)NCCSCc1c(Cl)cccc1Cl. The number of hydrogen-bond acceptors (Lipinski definition) is 2. The van der Waals surface area contributed by atoms with Gasteiger partial charge in [-0.05, 0) is 35.4 Å². The summed E-state index contributed by atoms with van der Waals surface area (Å²) in [5.41, 5.74) is 1.74. The van der Waals surface area contributed by atoms with E-state index in [1.54, 1.807) is 23.9 Å². The predicted octanol–water partition coefficient (Wildman–Crippen LogP) is 5.71. The number of nitrogens with one attached hydrogen (secondary N) is 1. The molecule has 0 fully saturated rings. The zero-order valence-electron chi connectivity index (χ0n) is 12.8. The molecule has 0 saturated carbocycles. The zero-order valence-corrected chi connectivity index (χ0v) is 15.9. The lowest BCUT2D eigenvalue weighted by molar-refractivity contribution is -0.116. The summed E-state index contributed by atoms with van der Waals surface area (Å²) < 4.78 is 0. The molecule has 0 aliphatic heterocycles. The number of benzene rings is 2. The molecular weight excluding hydrogens is 385 g/mol. The average Bonchev–Trinajstić information content (AvgIpc) is 2.56. The summed E-state index contributed by atoms with van der Waals surface area (Å²) in [6.45, 7) is 0.568. The molecule has 1 N–H and O–H groups in total. The number of carbonyl (C=O) groups excluding carboxylic acids is 1. The van der Waals surface area contributed by atoms with Crippen molar-refractivity contribution in [3.63, 3.8) is 0 Å². The second-order valence-electron chi connectivity index (χ2n) is 4.90. The van der Waals surface area contributed by atoms with Crippen molar-refractivity contribution in [2.75, 3.05) is 12.3 Å². The third-order valence-corrected chi connectivity index (χ3v) is 5.21. The first kappa shape index (κ1) is 19.2. The van der Waals surface area contributed by atoms with Crippen molar-refractivity contribution in [3.8, 4) is 0 Å². The molecule has 0 spiro atoms. The molecule has 2 aromatic rings. The number of halogens is 3. The van der Waals surface area contributed by atoms with Gasteiger partial charge in [0.05, 0.1) is 0 Å². The van der Waals surface area contributed by atoms with Crippen LogP contribution in [0.25, 0.3) is 6.08 Å². The van der Waals surface area contributed by atoms with Crippen LogP contribution in [0.15, 0.2) is 48.5 Å². The Bertz CT molecular complexity index is 714. The predicted molar refractivity (Wildman–Crippen MR) is 106 cm³/mol. The van der Waals surface area contributed by atoms with Crippen LogP contribution < -0.4 is 5.32 Å². The summed E-state index contributed by atoms with van der Waals surface area (Å²) in [4.78, 5) is 11.8. The van der Waals surface area contributed by atoms with Gasteiger partial charge in [-0.15, -0.1) is 0 Å². The Morgan fingerprint density at radius 2 is 1.67 bits per heavy atom. The van der Waals surface area contributed by atoms with E-state index in [0.29, 0.717) is 27.4 Å². The Hall–Kier alpha value is -1.13. The molecule has 0 saturated heterocycles. The fourth-order valence-corrected chi connectivity index (χ4v) is 3.72. The molecule has 1 amide bonds. The Morgan fingerprint density at radius 1 is 1.00 bits per heavy atom. The molecule has 0 aromatic heterocycles. The summed E-state index contributed by atoms with van der Waals surface area (Å²) >= 11 is 19.9. The van der Waals surface area contributed by atoms with Crippen molar-refractivity contribution >= 4 is 58.5 Å². The molecule has 0 bridgehead atoms. The van der Waals surface area contributed by atoms with Crippen LogP contribution in [0.1, 0.15) is 11.1 Å². The van der Waals surface area contributed by atoms with Gasteiger partial charge in [0.25, 0.3) is 0 Å². The lowest BCUT2D eigenvalue weighted by Crippen LogP contribution is -2.23. The van der Waals surface area contributed by atoms with Crippen LogP contribution in [0.2, 0.25) is 15.1 Å². The molecule has 0 aliphatic rings. The van der Waals surface area contributed by atoms with Crippen LogP contribution in [-0.2, 0) is 10.5 Å². The van der Waals surface area contributed by atoms with Crippen molar-refractivity contribution < 1.29 is 4.79 Å². The van der Waals surface area contributed by atoms with Crippen LogP contribution >= 0.6 is 46.6 Å². The summed E-state index contributed by atoms with van der Waals surface area (Å²) in [6, 6.07) is 12.8. The minimum atomic E-state index is -0.147. The fourth-order valence-electron chi connectivity index (χ4n) is 1.93. The van der Waals surface area contributed by atoms with Gasteiger partial charge in [-0.1, -0.05) is 59.1 Å². The first-order chi connectivity index (χ1) is 11.6. The minimum Gasteiger partial charge on any atom is -0.352 e. The Balaban J connectivity index is 1.71. The van der Waals surface area contributed by atoms with Crippen LogP contribution in [0.4, 0.5) is 0 Å². The van der Waals surface area contributed by atoms with E-state index in [0.717, 1.165) is 16.9 Å². The normalized spacial score (nSPS) is 11.0. The molecule has 6 heteroatoms. The van der Waals surface area contributed by atoms with Gasteiger partial charge in [-0.3, -0.25) is 4.79 Å². The number of carbonyl (C=O) groups is 1. The zero-order chi connectivity index (χ0) is 17.4. The van der Waals surface area contributed by atoms with Crippen LogP contribution in [-0.4, -0.2) is 18.2 Å². The number of rotatable bonds is 7. The largest absolute Gasteiger partial charge is 0.352 e. The summed E-state index contributed by atoms with van der Waals surface area (Å²) in [5, 5.41) is 4.79. The van der Waals surface area contributed by atoms with Gasteiger partial charge >= 0.3 is 0 Å². The van der Waals surface area contributed by atoms with E-state index in [2.05, 4.69) is 5.32 Å². The van der Waals surface area contributed by atoms with Gasteiger partial charge in [-0.25, -0.2) is 0 Å². The standard InChI is InChI=1S/C18H16Cl3NOS/c19-15-5-2-1-4-13(15)8-9-18(23)22-10-11-24-12-14-16(20)6-3-7-17(14)21/h1-9H,10-12H2,(H,22,23)/b9-8+. The summed E-state index contributed by atoms with van der Waals surface area (Å²) in [7, 11) is 0. The molecule has 0 aliphatic carbocycles. The Kier molecular flexibility index (Phi) is 8.00. The van der Waals surface area contributed by atoms with Crippen molar-refractivity contribution in [3.05, 3.63) is 74.7 Å². The third-order valence-electron chi connectivity index (χ3n) is 3.17. The molecule has 0 atom stereocenters. The Morgan fingerprint density at radius 3 is 2.38 bits per heavy atom. The number of thioether (sulfide) groups is 1. The molecule has 0 unspecified atom stereocenters. The molecule has 24 heavy (non-hydrogen) atoms. The van der Waals surface area contributed by atoms with E-state index < -0.39 is 0 Å². The molecule has 0 heterocycles. The first-order valence-corrected chi connectivity index (χ1v) is 9.58. The van der Waals surface area contributed by atoms with Crippen LogP contribution in [0, 0.1) is 0 Å². The fraction of sp³-hybridized carbons (Fsp3) is 0.167. The van der Waals surface area contributed by atoms with Crippen molar-refractivity contribution in [1.29, 1.82) is 0 Å². The molecular formula is C18H16Cl3NOS. The van der Waals surface area contributed by atoms with E-state index in [1.165, 1.54) is 6.08 Å². The topological polar surface area (TPSA) is 29.1 Å². The molecule has 126 valence electrons. The highest BCUT2D eigenvalue weighted by Gasteiger charge is 2.05. The number of hydrogen-bond donors (Lipinski definition) is 1. The monoisotopic (exact) mass is 399 g/mol. The second kappa shape index (κ2) is 10.00. The van der Waals surface area contributed by atoms with Crippen LogP contribution in [0.3, 0.4) is 0 Å². The highest BCUT2D eigenvalue weighted by molar-refractivity contribution is 7.98. The van der Waals surface area contributed by atoms with Gasteiger partial charge in [0.2, 0.25) is 5.91 Å². The third kappa shape index (κ3) is 6.06. The van der Waals surface area contributed by atoms with E-state index in [9.17, 15) is 4.79 Å². The molecule has 2 rings (SSSR count). The highest BCUT2D eigenvalue weighted by atomic mass is 35.5. The van der Waals surface area contributed by atoms with E-state index in [-0.39, 0.29) is 5.91 Å². The van der Waals surface area contributed by atoms with Gasteiger partial charge in [0.1, 0.15) is 0 Å². The van der Waals surface area contributed by atoms with E-state index >= 15 is 0 Å². The maximum atomic E-state index is 11.8. The molecule has 0 radical (unpaired) electrons. The second-order valence-corrected chi connectivity index (χ2v) is 7.23. The van der Waals surface area contributed by atoms with E-state index in [1.807, 2.05) is 36.4 Å². The summed E-state index contributed by atoms with van der Waals surface area (Å²) in [6.07, 6.45) is 3.19. The van der Waals surface area contributed by atoms with Crippen molar-refractivity contribution in [1.82, 2.24) is 5.32 Å². The highest BCUT2D eigenvalue weighted by Crippen LogP contribution is 2.27. The number of amides is 1. The summed E-state index contributed by atoms with van der Waals surface area (Å²) in [5.74, 6) is 1.34.